The van der Waals surface area contributed by atoms with Crippen LogP contribution in [-0.4, -0.2) is 27.5 Å². The first kappa shape index (κ1) is 15.9. The highest BCUT2D eigenvalue weighted by molar-refractivity contribution is 7.91. The van der Waals surface area contributed by atoms with Crippen LogP contribution in [0.2, 0.25) is 0 Å². The van der Waals surface area contributed by atoms with E-state index in [1.165, 1.54) is 11.3 Å². The summed E-state index contributed by atoms with van der Waals surface area (Å²) in [5.41, 5.74) is 0. The molecule has 2 heterocycles. The standard InChI is InChI=1S/C11H18N2O2S2.ClH/c1-2-10-5-6-11(16-10)17(14,15)13-8-9-4-3-7-12-9;/h5-6,9,12-13H,2-4,7-8H2,1H3;1H. The fourth-order valence-corrected chi connectivity index (χ4v) is 4.33. The van der Waals surface area contributed by atoms with E-state index < -0.39 is 10.0 Å². The van der Waals surface area contributed by atoms with Crippen LogP contribution in [0.15, 0.2) is 16.3 Å². The van der Waals surface area contributed by atoms with E-state index in [9.17, 15) is 8.42 Å². The number of hydrogen-bond acceptors (Lipinski definition) is 4. The van der Waals surface area contributed by atoms with Gasteiger partial charge in [0.05, 0.1) is 0 Å². The molecule has 1 aliphatic heterocycles. The van der Waals surface area contributed by atoms with Crippen molar-refractivity contribution in [2.24, 2.45) is 0 Å². The van der Waals surface area contributed by atoms with Crippen LogP contribution in [0.25, 0.3) is 0 Å². The van der Waals surface area contributed by atoms with Crippen LogP contribution in [0.1, 0.15) is 24.6 Å². The molecule has 0 aliphatic carbocycles. The fourth-order valence-electron chi connectivity index (χ4n) is 1.91. The van der Waals surface area contributed by atoms with Gasteiger partial charge in [-0.2, -0.15) is 0 Å². The lowest BCUT2D eigenvalue weighted by Gasteiger charge is -2.10. The van der Waals surface area contributed by atoms with Crippen molar-refractivity contribution in [3.05, 3.63) is 17.0 Å². The molecule has 4 nitrogen and oxygen atoms in total. The first-order valence-electron chi connectivity index (χ1n) is 5.93. The molecule has 0 bridgehead atoms. The van der Waals surface area contributed by atoms with Gasteiger partial charge in [-0.25, -0.2) is 13.1 Å². The molecule has 7 heteroatoms. The maximum Gasteiger partial charge on any atom is 0.250 e. The van der Waals surface area contributed by atoms with Gasteiger partial charge < -0.3 is 5.32 Å². The van der Waals surface area contributed by atoms with E-state index in [0.29, 0.717) is 10.8 Å². The van der Waals surface area contributed by atoms with E-state index in [2.05, 4.69) is 10.0 Å². The lowest BCUT2D eigenvalue weighted by molar-refractivity contribution is 0.553. The first-order chi connectivity index (χ1) is 8.12. The fraction of sp³-hybridized carbons (Fsp3) is 0.636. The molecule has 1 fully saturated rings. The Hall–Kier alpha value is -0.140. The molecular formula is C11H19ClN2O2S2. The summed E-state index contributed by atoms with van der Waals surface area (Å²) in [5, 5.41) is 3.27. The zero-order valence-corrected chi connectivity index (χ0v) is 12.8. The predicted octanol–water partition coefficient (Wildman–Crippen LogP) is 1.76. The van der Waals surface area contributed by atoms with E-state index in [4.69, 9.17) is 0 Å². The Morgan fingerprint density at radius 1 is 1.50 bits per heavy atom. The van der Waals surface area contributed by atoms with Crippen LogP contribution in [-0.2, 0) is 16.4 Å². The quantitative estimate of drug-likeness (QED) is 0.871. The van der Waals surface area contributed by atoms with E-state index in [-0.39, 0.29) is 18.4 Å². The minimum absolute atomic E-state index is 0. The highest BCUT2D eigenvalue weighted by Crippen LogP contribution is 2.21. The molecular weight excluding hydrogens is 292 g/mol. The molecule has 1 aliphatic rings. The predicted molar refractivity (Wildman–Crippen MR) is 77.2 cm³/mol. The molecule has 1 unspecified atom stereocenters. The molecule has 104 valence electrons. The zero-order valence-electron chi connectivity index (χ0n) is 10.3. The number of aryl methyl sites for hydroxylation is 1. The third kappa shape index (κ3) is 3.93. The molecule has 0 aromatic carbocycles. The lowest BCUT2D eigenvalue weighted by atomic mass is 10.2. The van der Waals surface area contributed by atoms with Crippen LogP contribution in [0.4, 0.5) is 0 Å². The van der Waals surface area contributed by atoms with Crippen molar-refractivity contribution in [2.75, 3.05) is 13.1 Å². The Morgan fingerprint density at radius 2 is 2.28 bits per heavy atom. The molecule has 0 spiro atoms. The molecule has 1 saturated heterocycles. The summed E-state index contributed by atoms with van der Waals surface area (Å²) in [6.07, 6.45) is 3.06. The van der Waals surface area contributed by atoms with Gasteiger partial charge in [-0.15, -0.1) is 23.7 Å². The second-order valence-corrected chi connectivity index (χ2v) is 7.38. The number of sulfonamides is 1. The summed E-state index contributed by atoms with van der Waals surface area (Å²) in [5.74, 6) is 0. The van der Waals surface area contributed by atoms with Gasteiger partial charge in [0, 0.05) is 17.5 Å². The molecule has 1 aromatic heterocycles. The molecule has 2 N–H and O–H groups in total. The zero-order chi connectivity index (χ0) is 12.3. The Kier molecular flexibility index (Phi) is 6.07. The van der Waals surface area contributed by atoms with Crippen molar-refractivity contribution in [1.29, 1.82) is 0 Å². The van der Waals surface area contributed by atoms with Crippen LogP contribution in [0.3, 0.4) is 0 Å². The third-order valence-electron chi connectivity index (χ3n) is 2.93. The normalized spacial score (nSPS) is 19.7. The summed E-state index contributed by atoms with van der Waals surface area (Å²) in [4.78, 5) is 1.10. The number of halogens is 1. The summed E-state index contributed by atoms with van der Waals surface area (Å²) < 4.78 is 27.1. The second kappa shape index (κ2) is 6.86. The Morgan fingerprint density at radius 3 is 2.83 bits per heavy atom. The van der Waals surface area contributed by atoms with Gasteiger partial charge in [0.15, 0.2) is 0 Å². The van der Waals surface area contributed by atoms with Crippen molar-refractivity contribution >= 4 is 33.8 Å². The number of rotatable bonds is 5. The second-order valence-electron chi connectivity index (χ2n) is 4.22. The summed E-state index contributed by atoms with van der Waals surface area (Å²) in [6.45, 7) is 3.51. The van der Waals surface area contributed by atoms with Gasteiger partial charge in [0.1, 0.15) is 4.21 Å². The maximum absolute atomic E-state index is 12.0. The Balaban J connectivity index is 0.00000162. The average Bonchev–Trinajstić information content (AvgIpc) is 2.98. The Bertz CT molecular complexity index is 467. The van der Waals surface area contributed by atoms with Gasteiger partial charge in [0.2, 0.25) is 10.0 Å². The summed E-state index contributed by atoms with van der Waals surface area (Å²) in [6, 6.07) is 3.86. The monoisotopic (exact) mass is 310 g/mol. The highest BCUT2D eigenvalue weighted by Gasteiger charge is 2.20. The van der Waals surface area contributed by atoms with E-state index in [1.807, 2.05) is 13.0 Å². The van der Waals surface area contributed by atoms with E-state index in [1.54, 1.807) is 6.07 Å². The van der Waals surface area contributed by atoms with Crippen molar-refractivity contribution in [1.82, 2.24) is 10.0 Å². The van der Waals surface area contributed by atoms with Gasteiger partial charge in [0.25, 0.3) is 0 Å². The van der Waals surface area contributed by atoms with Crippen molar-refractivity contribution in [3.8, 4) is 0 Å². The molecule has 0 saturated carbocycles. The molecule has 1 aromatic rings. The molecule has 1 atom stereocenters. The summed E-state index contributed by atoms with van der Waals surface area (Å²) in [7, 11) is -3.31. The third-order valence-corrected chi connectivity index (χ3v) is 6.08. The molecule has 18 heavy (non-hydrogen) atoms. The van der Waals surface area contributed by atoms with E-state index >= 15 is 0 Å². The van der Waals surface area contributed by atoms with Crippen LogP contribution in [0, 0.1) is 0 Å². The minimum atomic E-state index is -3.31. The topological polar surface area (TPSA) is 58.2 Å². The van der Waals surface area contributed by atoms with Crippen molar-refractivity contribution in [3.63, 3.8) is 0 Å². The van der Waals surface area contributed by atoms with Gasteiger partial charge >= 0.3 is 0 Å². The minimum Gasteiger partial charge on any atom is -0.313 e. The van der Waals surface area contributed by atoms with Gasteiger partial charge in [-0.05, 0) is 37.9 Å². The van der Waals surface area contributed by atoms with Crippen LogP contribution >= 0.6 is 23.7 Å². The number of hydrogen-bond donors (Lipinski definition) is 2. The number of nitrogens with one attached hydrogen (secondary N) is 2. The van der Waals surface area contributed by atoms with Gasteiger partial charge in [-0.1, -0.05) is 6.92 Å². The van der Waals surface area contributed by atoms with Crippen LogP contribution in [0.5, 0.6) is 0 Å². The maximum atomic E-state index is 12.0. The number of thiophene rings is 1. The van der Waals surface area contributed by atoms with Crippen molar-refractivity contribution in [2.45, 2.75) is 36.4 Å². The van der Waals surface area contributed by atoms with Gasteiger partial charge in [-0.3, -0.25) is 0 Å². The largest absolute Gasteiger partial charge is 0.313 e. The first-order valence-corrected chi connectivity index (χ1v) is 8.23. The molecule has 2 rings (SSSR count). The highest BCUT2D eigenvalue weighted by atomic mass is 35.5. The Labute approximate surface area is 119 Å². The molecule has 0 radical (unpaired) electrons. The SMILES string of the molecule is CCc1ccc(S(=O)(=O)NCC2CCCN2)s1.Cl. The lowest BCUT2D eigenvalue weighted by Crippen LogP contribution is -2.36. The summed E-state index contributed by atoms with van der Waals surface area (Å²) >= 11 is 1.35. The van der Waals surface area contributed by atoms with Crippen molar-refractivity contribution < 1.29 is 8.42 Å². The van der Waals surface area contributed by atoms with Crippen LogP contribution < -0.4 is 10.0 Å². The van der Waals surface area contributed by atoms with E-state index in [0.717, 1.165) is 30.7 Å². The average molecular weight is 311 g/mol. The smallest absolute Gasteiger partial charge is 0.250 e. The molecule has 0 amide bonds.